The Labute approximate surface area is 142 Å². The van der Waals surface area contributed by atoms with Crippen LogP contribution in [0.15, 0.2) is 36.4 Å². The number of rotatable bonds is 4. The first-order valence-corrected chi connectivity index (χ1v) is 8.57. The Morgan fingerprint density at radius 2 is 1.92 bits per heavy atom. The van der Waals surface area contributed by atoms with E-state index in [1.54, 1.807) is 17.0 Å². The van der Waals surface area contributed by atoms with E-state index in [4.69, 9.17) is 0 Å². The van der Waals surface area contributed by atoms with E-state index >= 15 is 0 Å². The molecular weight excluding hydrogens is 302 g/mol. The zero-order valence-corrected chi connectivity index (χ0v) is 14.4. The predicted molar refractivity (Wildman–Crippen MR) is 92.4 cm³/mol. The van der Waals surface area contributed by atoms with E-state index in [2.05, 4.69) is 22.8 Å². The number of hydrogen-bond acceptors (Lipinski definition) is 3. The lowest BCUT2D eigenvalue weighted by molar-refractivity contribution is -0.142. The van der Waals surface area contributed by atoms with E-state index in [0.717, 1.165) is 25.1 Å². The predicted octanol–water partition coefficient (Wildman–Crippen LogP) is 2.47. The maximum Gasteiger partial charge on any atom is 0.256 e. The van der Waals surface area contributed by atoms with Crippen LogP contribution in [0.1, 0.15) is 35.9 Å². The van der Waals surface area contributed by atoms with Crippen LogP contribution in [0.5, 0.6) is 0 Å². The molecule has 5 heteroatoms. The average molecular weight is 327 g/mol. The lowest BCUT2D eigenvalue weighted by Crippen LogP contribution is -2.41. The Hall–Kier alpha value is -2.14. The van der Waals surface area contributed by atoms with Gasteiger partial charge in [-0.25, -0.2) is 0 Å². The lowest BCUT2D eigenvalue weighted by atomic mass is 9.96. The Bertz CT molecular complexity index is 688. The lowest BCUT2D eigenvalue weighted by Gasteiger charge is -2.33. The SMILES string of the molecule is Cc1cc(C)n(CC2CCN(C(=O)C(O)c3ccccc3)CC2)n1. The second kappa shape index (κ2) is 7.18. The van der Waals surface area contributed by atoms with Crippen LogP contribution in [0, 0.1) is 19.8 Å². The molecule has 1 aromatic carbocycles. The zero-order valence-electron chi connectivity index (χ0n) is 14.4. The Morgan fingerprint density at radius 1 is 1.25 bits per heavy atom. The first kappa shape index (κ1) is 16.7. The van der Waals surface area contributed by atoms with Gasteiger partial charge in [0.1, 0.15) is 0 Å². The van der Waals surface area contributed by atoms with E-state index in [9.17, 15) is 9.90 Å². The highest BCUT2D eigenvalue weighted by Crippen LogP contribution is 2.23. The normalized spacial score (nSPS) is 17.0. The van der Waals surface area contributed by atoms with Crippen molar-refractivity contribution in [1.29, 1.82) is 0 Å². The molecule has 1 fully saturated rings. The van der Waals surface area contributed by atoms with Crippen molar-refractivity contribution in [1.82, 2.24) is 14.7 Å². The van der Waals surface area contributed by atoms with Crippen LogP contribution in [0.2, 0.25) is 0 Å². The molecule has 1 unspecified atom stereocenters. The number of hydrogen-bond donors (Lipinski definition) is 1. The summed E-state index contributed by atoms with van der Waals surface area (Å²) in [5.41, 5.74) is 2.89. The molecule has 0 aliphatic carbocycles. The first-order valence-electron chi connectivity index (χ1n) is 8.57. The number of aromatic nitrogens is 2. The number of aryl methyl sites for hydroxylation is 2. The molecule has 0 radical (unpaired) electrons. The van der Waals surface area contributed by atoms with Gasteiger partial charge in [-0.15, -0.1) is 0 Å². The van der Waals surface area contributed by atoms with E-state index in [-0.39, 0.29) is 5.91 Å². The minimum atomic E-state index is -1.06. The molecule has 1 aliphatic rings. The van der Waals surface area contributed by atoms with Gasteiger partial charge in [0.2, 0.25) is 0 Å². The number of aliphatic hydroxyl groups excluding tert-OH is 1. The number of amides is 1. The summed E-state index contributed by atoms with van der Waals surface area (Å²) in [5, 5.41) is 14.8. The van der Waals surface area contributed by atoms with Crippen molar-refractivity contribution in [2.24, 2.45) is 5.92 Å². The van der Waals surface area contributed by atoms with Gasteiger partial charge in [-0.05, 0) is 44.2 Å². The third-order valence-electron chi connectivity index (χ3n) is 4.81. The summed E-state index contributed by atoms with van der Waals surface area (Å²) >= 11 is 0. The summed E-state index contributed by atoms with van der Waals surface area (Å²) in [7, 11) is 0. The van der Waals surface area contributed by atoms with Gasteiger partial charge in [0, 0.05) is 25.3 Å². The standard InChI is InChI=1S/C19H25N3O2/c1-14-12-15(2)22(20-14)13-16-8-10-21(11-9-16)19(24)18(23)17-6-4-3-5-7-17/h3-7,12,16,18,23H,8-11,13H2,1-2H3. The molecule has 5 nitrogen and oxygen atoms in total. The van der Waals surface area contributed by atoms with Crippen molar-refractivity contribution >= 4 is 5.91 Å². The highest BCUT2D eigenvalue weighted by atomic mass is 16.3. The summed E-state index contributed by atoms with van der Waals surface area (Å²) in [4.78, 5) is 14.3. The zero-order chi connectivity index (χ0) is 17.1. The van der Waals surface area contributed by atoms with Crippen LogP contribution in [0.3, 0.4) is 0 Å². The van der Waals surface area contributed by atoms with Gasteiger partial charge in [-0.2, -0.15) is 5.10 Å². The summed E-state index contributed by atoms with van der Waals surface area (Å²) < 4.78 is 2.07. The number of piperidine rings is 1. The quantitative estimate of drug-likeness (QED) is 0.938. The molecule has 0 spiro atoms. The molecule has 24 heavy (non-hydrogen) atoms. The molecule has 1 aromatic heterocycles. The summed E-state index contributed by atoms with van der Waals surface area (Å²) in [6.07, 6.45) is 0.843. The van der Waals surface area contributed by atoms with Gasteiger partial charge in [0.25, 0.3) is 5.91 Å². The molecule has 128 valence electrons. The van der Waals surface area contributed by atoms with Crippen LogP contribution in [-0.2, 0) is 11.3 Å². The number of likely N-dealkylation sites (tertiary alicyclic amines) is 1. The molecule has 2 aromatic rings. The van der Waals surface area contributed by atoms with Crippen molar-refractivity contribution in [3.05, 3.63) is 53.3 Å². The second-order valence-electron chi connectivity index (χ2n) is 6.69. The summed E-state index contributed by atoms with van der Waals surface area (Å²) in [5.74, 6) is 0.340. The Balaban J connectivity index is 1.55. The fraction of sp³-hybridized carbons (Fsp3) is 0.474. The first-order chi connectivity index (χ1) is 11.5. The van der Waals surface area contributed by atoms with E-state index in [1.807, 2.05) is 25.1 Å². The van der Waals surface area contributed by atoms with Gasteiger partial charge in [0.05, 0.1) is 5.69 Å². The van der Waals surface area contributed by atoms with Gasteiger partial charge in [-0.1, -0.05) is 30.3 Å². The largest absolute Gasteiger partial charge is 0.378 e. The number of nitrogens with zero attached hydrogens (tertiary/aromatic N) is 3. The molecule has 1 aliphatic heterocycles. The Morgan fingerprint density at radius 3 is 2.50 bits per heavy atom. The van der Waals surface area contributed by atoms with Crippen LogP contribution in [0.25, 0.3) is 0 Å². The van der Waals surface area contributed by atoms with Crippen molar-refractivity contribution in [3.8, 4) is 0 Å². The summed E-state index contributed by atoms with van der Waals surface area (Å²) in [6.45, 7) is 6.40. The topological polar surface area (TPSA) is 58.4 Å². The monoisotopic (exact) mass is 327 g/mol. The van der Waals surface area contributed by atoms with Crippen LogP contribution in [-0.4, -0.2) is 38.8 Å². The summed E-state index contributed by atoms with van der Waals surface area (Å²) in [6, 6.07) is 11.2. The molecule has 0 saturated carbocycles. The van der Waals surface area contributed by atoms with Crippen molar-refractivity contribution in [3.63, 3.8) is 0 Å². The molecular formula is C19H25N3O2. The third kappa shape index (κ3) is 3.67. The van der Waals surface area contributed by atoms with E-state index in [1.165, 1.54) is 5.69 Å². The van der Waals surface area contributed by atoms with Gasteiger partial charge in [0.15, 0.2) is 6.10 Å². The highest BCUT2D eigenvalue weighted by molar-refractivity contribution is 5.82. The van der Waals surface area contributed by atoms with Crippen molar-refractivity contribution in [2.45, 2.75) is 39.3 Å². The molecule has 1 saturated heterocycles. The third-order valence-corrected chi connectivity index (χ3v) is 4.81. The van der Waals surface area contributed by atoms with E-state index in [0.29, 0.717) is 24.6 Å². The molecule has 3 rings (SSSR count). The number of carbonyl (C=O) groups excluding carboxylic acids is 1. The highest BCUT2D eigenvalue weighted by Gasteiger charge is 2.28. The fourth-order valence-corrected chi connectivity index (χ4v) is 3.39. The van der Waals surface area contributed by atoms with Gasteiger partial charge < -0.3 is 10.0 Å². The molecule has 1 atom stereocenters. The van der Waals surface area contributed by atoms with Crippen LogP contribution < -0.4 is 0 Å². The fourth-order valence-electron chi connectivity index (χ4n) is 3.39. The Kier molecular flexibility index (Phi) is 5.00. The molecule has 0 bridgehead atoms. The number of benzene rings is 1. The van der Waals surface area contributed by atoms with Crippen LogP contribution >= 0.6 is 0 Å². The van der Waals surface area contributed by atoms with Crippen LogP contribution in [0.4, 0.5) is 0 Å². The second-order valence-corrected chi connectivity index (χ2v) is 6.69. The molecule has 1 amide bonds. The molecule has 1 N–H and O–H groups in total. The van der Waals surface area contributed by atoms with E-state index < -0.39 is 6.10 Å². The smallest absolute Gasteiger partial charge is 0.256 e. The van der Waals surface area contributed by atoms with Crippen molar-refractivity contribution in [2.75, 3.05) is 13.1 Å². The average Bonchev–Trinajstić information content (AvgIpc) is 2.92. The minimum Gasteiger partial charge on any atom is -0.378 e. The number of carbonyl (C=O) groups is 1. The minimum absolute atomic E-state index is 0.189. The van der Waals surface area contributed by atoms with Gasteiger partial charge in [-0.3, -0.25) is 9.48 Å². The maximum absolute atomic E-state index is 12.5. The van der Waals surface area contributed by atoms with Crippen molar-refractivity contribution < 1.29 is 9.90 Å². The number of aliphatic hydroxyl groups is 1. The maximum atomic E-state index is 12.5. The molecule has 2 heterocycles. The van der Waals surface area contributed by atoms with Gasteiger partial charge >= 0.3 is 0 Å².